The summed E-state index contributed by atoms with van der Waals surface area (Å²) in [7, 11) is 0. The second kappa shape index (κ2) is 8.81. The third-order valence-electron chi connectivity index (χ3n) is 4.25. The fourth-order valence-electron chi connectivity index (χ4n) is 2.61. The summed E-state index contributed by atoms with van der Waals surface area (Å²) in [4.78, 5) is 19.5. The maximum Gasteiger partial charge on any atom is 0.354 e. The second-order valence-corrected chi connectivity index (χ2v) is 6.25. The summed E-state index contributed by atoms with van der Waals surface area (Å²) >= 11 is 0. The van der Waals surface area contributed by atoms with Crippen molar-refractivity contribution in [1.82, 2.24) is 9.97 Å². The standard InChI is InChI=1S/C20H22N6O2/c1-3-15(2)23-19-18(26(27)28)20(22-14-21-19)24-25(16-10-6-4-7-11-16)17-12-8-5-9-13-17/h4-15H,3H2,1-2H3,(H2,21,22,23,24). The minimum atomic E-state index is -0.471. The molecule has 8 nitrogen and oxygen atoms in total. The third kappa shape index (κ3) is 4.35. The lowest BCUT2D eigenvalue weighted by Gasteiger charge is -2.26. The van der Waals surface area contributed by atoms with Gasteiger partial charge in [0.25, 0.3) is 0 Å². The minimum Gasteiger partial charge on any atom is -0.362 e. The van der Waals surface area contributed by atoms with E-state index in [4.69, 9.17) is 0 Å². The van der Waals surface area contributed by atoms with Gasteiger partial charge in [0.15, 0.2) is 0 Å². The van der Waals surface area contributed by atoms with Crippen LogP contribution in [0.2, 0.25) is 0 Å². The van der Waals surface area contributed by atoms with Gasteiger partial charge in [-0.15, -0.1) is 0 Å². The number of para-hydroxylation sites is 2. The molecule has 28 heavy (non-hydrogen) atoms. The molecule has 1 atom stereocenters. The Labute approximate surface area is 163 Å². The van der Waals surface area contributed by atoms with Gasteiger partial charge >= 0.3 is 5.69 Å². The van der Waals surface area contributed by atoms with Crippen LogP contribution in [0.1, 0.15) is 20.3 Å². The van der Waals surface area contributed by atoms with E-state index in [0.29, 0.717) is 0 Å². The number of hydrazine groups is 1. The predicted octanol–water partition coefficient (Wildman–Crippen LogP) is 4.76. The molecular formula is C20H22N6O2. The van der Waals surface area contributed by atoms with E-state index in [1.54, 1.807) is 5.01 Å². The maximum atomic E-state index is 11.8. The van der Waals surface area contributed by atoms with E-state index in [0.717, 1.165) is 17.8 Å². The van der Waals surface area contributed by atoms with Crippen molar-refractivity contribution in [3.63, 3.8) is 0 Å². The topological polar surface area (TPSA) is 96.2 Å². The van der Waals surface area contributed by atoms with Crippen LogP contribution in [0.3, 0.4) is 0 Å². The fourth-order valence-corrected chi connectivity index (χ4v) is 2.61. The average molecular weight is 378 g/mol. The first-order valence-corrected chi connectivity index (χ1v) is 9.03. The average Bonchev–Trinajstić information content (AvgIpc) is 2.73. The molecule has 0 saturated heterocycles. The highest BCUT2D eigenvalue weighted by Crippen LogP contribution is 2.33. The number of nitrogens with one attached hydrogen (secondary N) is 2. The molecular weight excluding hydrogens is 356 g/mol. The van der Waals surface area contributed by atoms with E-state index >= 15 is 0 Å². The van der Waals surface area contributed by atoms with Crippen LogP contribution in [0.4, 0.5) is 28.7 Å². The van der Waals surface area contributed by atoms with E-state index in [9.17, 15) is 10.1 Å². The monoisotopic (exact) mass is 378 g/mol. The van der Waals surface area contributed by atoms with Crippen molar-refractivity contribution in [2.24, 2.45) is 0 Å². The molecule has 3 aromatic rings. The van der Waals surface area contributed by atoms with Crippen LogP contribution in [-0.4, -0.2) is 20.9 Å². The molecule has 0 aliphatic carbocycles. The van der Waals surface area contributed by atoms with Gasteiger partial charge in [0.05, 0.1) is 16.3 Å². The third-order valence-corrected chi connectivity index (χ3v) is 4.25. The Morgan fingerprint density at radius 3 is 2.04 bits per heavy atom. The SMILES string of the molecule is CCC(C)Nc1ncnc(NN(c2ccccc2)c2ccccc2)c1[N+](=O)[O-]. The molecule has 0 spiro atoms. The Balaban J connectivity index is 2.03. The molecule has 3 rings (SSSR count). The summed E-state index contributed by atoms with van der Waals surface area (Å²) in [6.07, 6.45) is 2.12. The number of rotatable bonds is 8. The van der Waals surface area contributed by atoms with E-state index in [1.807, 2.05) is 74.5 Å². The Hall–Kier alpha value is -3.68. The van der Waals surface area contributed by atoms with Crippen molar-refractivity contribution >= 4 is 28.7 Å². The largest absolute Gasteiger partial charge is 0.362 e. The number of benzene rings is 2. The van der Waals surface area contributed by atoms with Crippen molar-refractivity contribution in [2.45, 2.75) is 26.3 Å². The maximum absolute atomic E-state index is 11.8. The smallest absolute Gasteiger partial charge is 0.354 e. The van der Waals surface area contributed by atoms with Gasteiger partial charge in [0, 0.05) is 6.04 Å². The van der Waals surface area contributed by atoms with E-state index in [2.05, 4.69) is 20.7 Å². The normalized spacial score (nSPS) is 11.5. The molecule has 0 amide bonds. The van der Waals surface area contributed by atoms with Crippen molar-refractivity contribution in [3.05, 3.63) is 77.1 Å². The minimum absolute atomic E-state index is 0.0424. The zero-order chi connectivity index (χ0) is 19.9. The van der Waals surface area contributed by atoms with Crippen LogP contribution >= 0.6 is 0 Å². The lowest BCUT2D eigenvalue weighted by molar-refractivity contribution is -0.383. The molecule has 0 aliphatic rings. The van der Waals surface area contributed by atoms with Gasteiger partial charge in [-0.25, -0.2) is 9.97 Å². The molecule has 0 fully saturated rings. The van der Waals surface area contributed by atoms with Crippen LogP contribution in [0.5, 0.6) is 0 Å². The first kappa shape index (κ1) is 19.1. The molecule has 2 N–H and O–H groups in total. The van der Waals surface area contributed by atoms with Crippen molar-refractivity contribution in [3.8, 4) is 0 Å². The summed E-state index contributed by atoms with van der Waals surface area (Å²) in [5, 5.41) is 16.6. The van der Waals surface area contributed by atoms with Gasteiger partial charge in [0.1, 0.15) is 6.33 Å². The van der Waals surface area contributed by atoms with Gasteiger partial charge < -0.3 is 5.32 Å². The molecule has 0 radical (unpaired) electrons. The van der Waals surface area contributed by atoms with Crippen LogP contribution in [0.15, 0.2) is 67.0 Å². The Morgan fingerprint density at radius 1 is 1.00 bits per heavy atom. The first-order valence-electron chi connectivity index (χ1n) is 9.03. The molecule has 1 heterocycles. The summed E-state index contributed by atoms with van der Waals surface area (Å²) in [6.45, 7) is 3.94. The molecule has 0 bridgehead atoms. The van der Waals surface area contributed by atoms with E-state index < -0.39 is 4.92 Å². The second-order valence-electron chi connectivity index (χ2n) is 6.25. The van der Waals surface area contributed by atoms with Crippen LogP contribution < -0.4 is 15.8 Å². The van der Waals surface area contributed by atoms with Crippen LogP contribution in [-0.2, 0) is 0 Å². The lowest BCUT2D eigenvalue weighted by Crippen LogP contribution is -2.26. The van der Waals surface area contributed by atoms with Crippen LogP contribution in [0, 0.1) is 10.1 Å². The summed E-state index contributed by atoms with van der Waals surface area (Å²) < 4.78 is 0. The quantitative estimate of drug-likeness (QED) is 0.431. The zero-order valence-electron chi connectivity index (χ0n) is 15.7. The van der Waals surface area contributed by atoms with E-state index in [-0.39, 0.29) is 23.4 Å². The summed E-state index contributed by atoms with van der Waals surface area (Å²) in [6, 6.07) is 19.1. The molecule has 144 valence electrons. The Kier molecular flexibility index (Phi) is 6.01. The Morgan fingerprint density at radius 2 is 1.54 bits per heavy atom. The van der Waals surface area contributed by atoms with Crippen LogP contribution in [0.25, 0.3) is 0 Å². The first-order chi connectivity index (χ1) is 13.6. The Bertz CT molecular complexity index is 881. The number of nitrogens with zero attached hydrogens (tertiary/aromatic N) is 4. The lowest BCUT2D eigenvalue weighted by atomic mass is 10.2. The van der Waals surface area contributed by atoms with Crippen molar-refractivity contribution < 1.29 is 4.92 Å². The van der Waals surface area contributed by atoms with Gasteiger partial charge in [-0.2, -0.15) is 0 Å². The number of hydrogen-bond donors (Lipinski definition) is 2. The molecule has 2 aromatic carbocycles. The zero-order valence-corrected chi connectivity index (χ0v) is 15.7. The summed E-state index contributed by atoms with van der Waals surface area (Å²) in [5.74, 6) is 0.302. The predicted molar refractivity (Wildman–Crippen MR) is 111 cm³/mol. The van der Waals surface area contributed by atoms with Gasteiger partial charge in [0.2, 0.25) is 11.6 Å². The summed E-state index contributed by atoms with van der Waals surface area (Å²) in [5.41, 5.74) is 4.53. The highest BCUT2D eigenvalue weighted by Gasteiger charge is 2.25. The van der Waals surface area contributed by atoms with Gasteiger partial charge in [-0.05, 0) is 37.6 Å². The number of anilines is 4. The molecule has 0 saturated carbocycles. The number of aromatic nitrogens is 2. The molecule has 0 aliphatic heterocycles. The fraction of sp³-hybridized carbons (Fsp3) is 0.200. The number of nitro groups is 1. The van der Waals surface area contributed by atoms with Crippen molar-refractivity contribution in [2.75, 3.05) is 15.8 Å². The van der Waals surface area contributed by atoms with Gasteiger partial charge in [-0.1, -0.05) is 43.3 Å². The highest BCUT2D eigenvalue weighted by molar-refractivity contribution is 5.74. The van der Waals surface area contributed by atoms with Gasteiger partial charge in [-0.3, -0.25) is 20.5 Å². The number of hydrogen-bond acceptors (Lipinski definition) is 7. The molecule has 8 heteroatoms. The molecule has 1 aromatic heterocycles. The highest BCUT2D eigenvalue weighted by atomic mass is 16.6. The van der Waals surface area contributed by atoms with E-state index in [1.165, 1.54) is 6.33 Å². The van der Waals surface area contributed by atoms with Crippen molar-refractivity contribution in [1.29, 1.82) is 0 Å². The molecule has 1 unspecified atom stereocenters.